The molecule has 0 aromatic carbocycles. The van der Waals surface area contributed by atoms with Gasteiger partial charge in [0.25, 0.3) is 0 Å². The van der Waals surface area contributed by atoms with Crippen LogP contribution in [0.1, 0.15) is 30.7 Å². The predicted molar refractivity (Wildman–Crippen MR) is 58.6 cm³/mol. The Balaban J connectivity index is 1.76. The highest BCUT2D eigenvalue weighted by molar-refractivity contribution is 5.02. The third-order valence-corrected chi connectivity index (χ3v) is 2.82. The van der Waals surface area contributed by atoms with E-state index in [0.717, 1.165) is 31.1 Å². The average molecular weight is 209 g/mol. The fourth-order valence-corrected chi connectivity index (χ4v) is 1.97. The highest BCUT2D eigenvalue weighted by Gasteiger charge is 2.11. The summed E-state index contributed by atoms with van der Waals surface area (Å²) in [5.41, 5.74) is 0.953. The normalized spacial score (nSPS) is 22.6. The monoisotopic (exact) mass is 209 g/mol. The van der Waals surface area contributed by atoms with Crippen molar-refractivity contribution in [1.29, 1.82) is 0 Å². The zero-order valence-corrected chi connectivity index (χ0v) is 9.25. The van der Waals surface area contributed by atoms with Crippen LogP contribution in [0.3, 0.4) is 0 Å². The van der Waals surface area contributed by atoms with Gasteiger partial charge in [-0.2, -0.15) is 0 Å². The van der Waals surface area contributed by atoms with Gasteiger partial charge in [-0.15, -0.1) is 0 Å². The van der Waals surface area contributed by atoms with Gasteiger partial charge in [-0.3, -0.25) is 0 Å². The molecule has 0 spiro atoms. The van der Waals surface area contributed by atoms with E-state index in [0.29, 0.717) is 6.04 Å². The lowest BCUT2D eigenvalue weighted by atomic mass is 10.1. The van der Waals surface area contributed by atoms with E-state index in [-0.39, 0.29) is 0 Å². The average Bonchev–Trinajstić information content (AvgIpc) is 2.52. The van der Waals surface area contributed by atoms with Gasteiger partial charge in [0.05, 0.1) is 12.2 Å². The molecule has 0 radical (unpaired) electrons. The first-order valence-electron chi connectivity index (χ1n) is 5.71. The van der Waals surface area contributed by atoms with Crippen molar-refractivity contribution in [2.24, 2.45) is 0 Å². The molecule has 1 aliphatic rings. The molecule has 4 heteroatoms. The molecule has 0 aliphatic carbocycles. The fourth-order valence-electron chi connectivity index (χ4n) is 1.97. The quantitative estimate of drug-likeness (QED) is 0.785. The van der Waals surface area contributed by atoms with E-state index >= 15 is 0 Å². The second-order valence-electron chi connectivity index (χ2n) is 4.19. The number of rotatable bonds is 3. The molecular formula is C11H19N3O. The lowest BCUT2D eigenvalue weighted by Gasteiger charge is -2.14. The van der Waals surface area contributed by atoms with Crippen molar-refractivity contribution >= 4 is 0 Å². The highest BCUT2D eigenvalue weighted by Crippen LogP contribution is 2.07. The van der Waals surface area contributed by atoms with Gasteiger partial charge in [0, 0.05) is 12.1 Å². The molecule has 84 valence electrons. The Labute approximate surface area is 90.4 Å². The second kappa shape index (κ2) is 5.28. The van der Waals surface area contributed by atoms with Gasteiger partial charge >= 0.3 is 0 Å². The van der Waals surface area contributed by atoms with Crippen LogP contribution >= 0.6 is 0 Å². The number of hydrogen-bond donors (Lipinski definition) is 2. The Morgan fingerprint density at radius 3 is 3.27 bits per heavy atom. The number of aryl methyl sites for hydroxylation is 1. The van der Waals surface area contributed by atoms with Crippen LogP contribution in [-0.2, 0) is 6.54 Å². The summed E-state index contributed by atoms with van der Waals surface area (Å²) in [5.74, 6) is 0.935. The maximum atomic E-state index is 5.16. The number of nitrogens with zero attached hydrogens (tertiary/aromatic N) is 1. The van der Waals surface area contributed by atoms with Crippen molar-refractivity contribution in [3.63, 3.8) is 0 Å². The zero-order chi connectivity index (χ0) is 10.5. The van der Waals surface area contributed by atoms with Crippen LogP contribution in [0, 0.1) is 6.92 Å². The van der Waals surface area contributed by atoms with Crippen LogP contribution < -0.4 is 10.6 Å². The van der Waals surface area contributed by atoms with Crippen molar-refractivity contribution in [1.82, 2.24) is 15.8 Å². The van der Waals surface area contributed by atoms with E-state index in [1.54, 1.807) is 0 Å². The third-order valence-electron chi connectivity index (χ3n) is 2.82. The number of hydrogen-bond acceptors (Lipinski definition) is 4. The summed E-state index contributed by atoms with van der Waals surface area (Å²) in [4.78, 5) is 0. The second-order valence-corrected chi connectivity index (χ2v) is 4.19. The molecular weight excluding hydrogens is 190 g/mol. The van der Waals surface area contributed by atoms with Crippen LogP contribution in [0.2, 0.25) is 0 Å². The van der Waals surface area contributed by atoms with Crippen molar-refractivity contribution in [2.75, 3.05) is 13.1 Å². The molecule has 0 amide bonds. The standard InChI is InChI=1S/C11H19N3O/c1-9-7-11(15-14-9)8-13-10-3-2-5-12-6-4-10/h7,10,12-13H,2-6,8H2,1H3. The summed E-state index contributed by atoms with van der Waals surface area (Å²) in [6.45, 7) is 5.01. The zero-order valence-electron chi connectivity index (χ0n) is 9.25. The van der Waals surface area contributed by atoms with E-state index in [9.17, 15) is 0 Å². The molecule has 15 heavy (non-hydrogen) atoms. The Bertz CT molecular complexity index is 290. The molecule has 1 aliphatic heterocycles. The van der Waals surface area contributed by atoms with E-state index in [1.807, 2.05) is 13.0 Å². The predicted octanol–water partition coefficient (Wildman–Crippen LogP) is 1.21. The third kappa shape index (κ3) is 3.32. The van der Waals surface area contributed by atoms with Crippen LogP contribution in [0.5, 0.6) is 0 Å². The molecule has 2 N–H and O–H groups in total. The Hall–Kier alpha value is -0.870. The van der Waals surface area contributed by atoms with E-state index in [2.05, 4.69) is 15.8 Å². The minimum Gasteiger partial charge on any atom is -0.360 e. The van der Waals surface area contributed by atoms with E-state index < -0.39 is 0 Å². The summed E-state index contributed by atoms with van der Waals surface area (Å²) in [6, 6.07) is 2.60. The summed E-state index contributed by atoms with van der Waals surface area (Å²) in [5, 5.41) is 10.8. The van der Waals surface area contributed by atoms with Crippen LogP contribution in [-0.4, -0.2) is 24.3 Å². The fraction of sp³-hybridized carbons (Fsp3) is 0.727. The molecule has 1 aromatic heterocycles. The van der Waals surface area contributed by atoms with E-state index in [4.69, 9.17) is 4.52 Å². The summed E-state index contributed by atoms with van der Waals surface area (Å²) >= 11 is 0. The SMILES string of the molecule is Cc1cc(CNC2CCCNCC2)on1. The highest BCUT2D eigenvalue weighted by atomic mass is 16.5. The number of aromatic nitrogens is 1. The van der Waals surface area contributed by atoms with E-state index in [1.165, 1.54) is 19.3 Å². The molecule has 0 bridgehead atoms. The molecule has 1 saturated heterocycles. The van der Waals surface area contributed by atoms with Crippen molar-refractivity contribution in [2.45, 2.75) is 38.8 Å². The summed E-state index contributed by atoms with van der Waals surface area (Å²) in [7, 11) is 0. The lowest BCUT2D eigenvalue weighted by Crippen LogP contribution is -2.29. The molecule has 1 aromatic rings. The van der Waals surface area contributed by atoms with Gasteiger partial charge in [0.1, 0.15) is 0 Å². The molecule has 4 nitrogen and oxygen atoms in total. The topological polar surface area (TPSA) is 50.1 Å². The first-order valence-corrected chi connectivity index (χ1v) is 5.71. The van der Waals surface area contributed by atoms with Gasteiger partial charge in [0.2, 0.25) is 0 Å². The largest absolute Gasteiger partial charge is 0.360 e. The minimum atomic E-state index is 0.616. The smallest absolute Gasteiger partial charge is 0.150 e. The molecule has 1 atom stereocenters. The van der Waals surface area contributed by atoms with Crippen molar-refractivity contribution in [3.05, 3.63) is 17.5 Å². The van der Waals surface area contributed by atoms with Crippen molar-refractivity contribution in [3.8, 4) is 0 Å². The van der Waals surface area contributed by atoms with Gasteiger partial charge in [-0.05, 0) is 39.3 Å². The maximum Gasteiger partial charge on any atom is 0.150 e. The molecule has 1 fully saturated rings. The van der Waals surface area contributed by atoms with Gasteiger partial charge < -0.3 is 15.2 Å². The first-order chi connectivity index (χ1) is 7.34. The number of nitrogens with one attached hydrogen (secondary N) is 2. The van der Waals surface area contributed by atoms with Gasteiger partial charge in [-0.1, -0.05) is 5.16 Å². The van der Waals surface area contributed by atoms with Crippen molar-refractivity contribution < 1.29 is 4.52 Å². The van der Waals surface area contributed by atoms with Gasteiger partial charge in [-0.25, -0.2) is 0 Å². The molecule has 2 rings (SSSR count). The minimum absolute atomic E-state index is 0.616. The Morgan fingerprint density at radius 2 is 2.47 bits per heavy atom. The summed E-state index contributed by atoms with van der Waals surface area (Å²) < 4.78 is 5.16. The Morgan fingerprint density at radius 1 is 1.53 bits per heavy atom. The Kier molecular flexibility index (Phi) is 3.75. The lowest BCUT2D eigenvalue weighted by molar-refractivity contribution is 0.354. The van der Waals surface area contributed by atoms with Crippen LogP contribution in [0.4, 0.5) is 0 Å². The molecule has 2 heterocycles. The van der Waals surface area contributed by atoms with Crippen LogP contribution in [0.15, 0.2) is 10.6 Å². The van der Waals surface area contributed by atoms with Crippen LogP contribution in [0.25, 0.3) is 0 Å². The first kappa shape index (κ1) is 10.6. The van der Waals surface area contributed by atoms with Gasteiger partial charge in [0.15, 0.2) is 5.76 Å². The molecule has 0 saturated carbocycles. The maximum absolute atomic E-state index is 5.16. The summed E-state index contributed by atoms with van der Waals surface area (Å²) in [6.07, 6.45) is 3.71. The molecule has 1 unspecified atom stereocenters.